The Morgan fingerprint density at radius 1 is 1.38 bits per heavy atom. The molecule has 0 radical (unpaired) electrons. The van der Waals surface area contributed by atoms with Crippen molar-refractivity contribution >= 4 is 0 Å². The summed E-state index contributed by atoms with van der Waals surface area (Å²) in [7, 11) is 1.20. The van der Waals surface area contributed by atoms with Gasteiger partial charge in [0.1, 0.15) is 25.0 Å². The number of halogens is 2. The van der Waals surface area contributed by atoms with Crippen molar-refractivity contribution in [1.29, 1.82) is 0 Å². The molecule has 6 heteroatoms. The zero-order valence-corrected chi connectivity index (χ0v) is 7.06. The van der Waals surface area contributed by atoms with Gasteiger partial charge in [0.15, 0.2) is 12.5 Å². The van der Waals surface area contributed by atoms with Crippen LogP contribution in [0.1, 0.15) is 0 Å². The van der Waals surface area contributed by atoms with E-state index in [1.807, 2.05) is 0 Å². The summed E-state index contributed by atoms with van der Waals surface area (Å²) < 4.78 is 34.5. The van der Waals surface area contributed by atoms with Crippen molar-refractivity contribution < 1.29 is 28.5 Å². The lowest BCUT2D eigenvalue weighted by Gasteiger charge is -2.37. The minimum atomic E-state index is -1.94. The Morgan fingerprint density at radius 3 is 2.46 bits per heavy atom. The van der Waals surface area contributed by atoms with E-state index in [4.69, 9.17) is 14.9 Å². The van der Waals surface area contributed by atoms with Crippen LogP contribution in [0.4, 0.5) is 8.78 Å². The van der Waals surface area contributed by atoms with Gasteiger partial charge >= 0.3 is 0 Å². The molecule has 5 atom stereocenters. The van der Waals surface area contributed by atoms with Crippen molar-refractivity contribution in [2.75, 3.05) is 13.8 Å². The third kappa shape index (κ3) is 1.96. The van der Waals surface area contributed by atoms with Crippen LogP contribution in [-0.2, 0) is 9.47 Å². The Kier molecular flexibility index (Phi) is 3.55. The maximum Gasteiger partial charge on any atom is 0.186 e. The van der Waals surface area contributed by atoms with E-state index in [1.54, 1.807) is 0 Å². The van der Waals surface area contributed by atoms with Gasteiger partial charge in [-0.15, -0.1) is 0 Å². The standard InChI is InChI=1S/C7H12F2O4/c1-12-7-6(11)4(9)5(10)3(2-8)13-7/h3-7,10-11H,2H2,1H3/t3-,4-,5-,6-,7-/m1/s1. The van der Waals surface area contributed by atoms with Gasteiger partial charge in [0, 0.05) is 7.11 Å². The van der Waals surface area contributed by atoms with Crippen molar-refractivity contribution in [2.45, 2.75) is 30.8 Å². The van der Waals surface area contributed by atoms with E-state index in [-0.39, 0.29) is 0 Å². The summed E-state index contributed by atoms with van der Waals surface area (Å²) in [5.74, 6) is 0. The van der Waals surface area contributed by atoms with Gasteiger partial charge in [-0.25, -0.2) is 8.78 Å². The summed E-state index contributed by atoms with van der Waals surface area (Å²) >= 11 is 0. The Labute approximate surface area is 74.1 Å². The summed E-state index contributed by atoms with van der Waals surface area (Å²) in [6, 6.07) is 0. The van der Waals surface area contributed by atoms with E-state index < -0.39 is 37.4 Å². The summed E-state index contributed by atoms with van der Waals surface area (Å²) in [5.41, 5.74) is 0. The minimum Gasteiger partial charge on any atom is -0.387 e. The van der Waals surface area contributed by atoms with Crippen LogP contribution < -0.4 is 0 Å². The van der Waals surface area contributed by atoms with Crippen LogP contribution in [0, 0.1) is 0 Å². The number of ether oxygens (including phenoxy) is 2. The summed E-state index contributed by atoms with van der Waals surface area (Å²) in [4.78, 5) is 0. The quantitative estimate of drug-likeness (QED) is 0.621. The zero-order chi connectivity index (χ0) is 10.0. The topological polar surface area (TPSA) is 58.9 Å². The minimum absolute atomic E-state index is 1.02. The number of aliphatic hydroxyl groups is 2. The molecule has 1 fully saturated rings. The van der Waals surface area contributed by atoms with Crippen LogP contribution in [-0.4, -0.2) is 54.8 Å². The lowest BCUT2D eigenvalue weighted by molar-refractivity contribution is -0.280. The van der Waals surface area contributed by atoms with Gasteiger partial charge in [-0.05, 0) is 0 Å². The fourth-order valence-corrected chi connectivity index (χ4v) is 1.21. The lowest BCUT2D eigenvalue weighted by Crippen LogP contribution is -2.56. The number of alkyl halides is 2. The third-order valence-electron chi connectivity index (χ3n) is 2.01. The first-order valence-corrected chi connectivity index (χ1v) is 3.86. The predicted molar refractivity (Wildman–Crippen MR) is 38.6 cm³/mol. The average molecular weight is 198 g/mol. The van der Waals surface area contributed by atoms with E-state index >= 15 is 0 Å². The zero-order valence-electron chi connectivity index (χ0n) is 7.06. The molecule has 0 aliphatic carbocycles. The number of methoxy groups -OCH3 is 1. The van der Waals surface area contributed by atoms with E-state index in [2.05, 4.69) is 4.74 Å². The molecule has 0 unspecified atom stereocenters. The van der Waals surface area contributed by atoms with Gasteiger partial charge in [-0.1, -0.05) is 0 Å². The number of aliphatic hydroxyl groups excluding tert-OH is 2. The van der Waals surface area contributed by atoms with Crippen LogP contribution in [0.2, 0.25) is 0 Å². The molecule has 2 N–H and O–H groups in total. The fourth-order valence-electron chi connectivity index (χ4n) is 1.21. The highest BCUT2D eigenvalue weighted by Gasteiger charge is 2.45. The summed E-state index contributed by atoms with van der Waals surface area (Å²) in [6.45, 7) is -1.02. The fraction of sp³-hybridized carbons (Fsp3) is 1.00. The van der Waals surface area contributed by atoms with E-state index in [1.165, 1.54) is 7.11 Å². The Hall–Kier alpha value is -0.300. The van der Waals surface area contributed by atoms with Crippen molar-refractivity contribution in [2.24, 2.45) is 0 Å². The number of hydrogen-bond donors (Lipinski definition) is 2. The summed E-state index contributed by atoms with van der Waals surface area (Å²) in [6.07, 6.45) is -7.67. The highest BCUT2D eigenvalue weighted by Crippen LogP contribution is 2.24. The first kappa shape index (κ1) is 10.8. The maximum atomic E-state index is 13.0. The van der Waals surface area contributed by atoms with Gasteiger partial charge in [0.25, 0.3) is 0 Å². The van der Waals surface area contributed by atoms with Crippen molar-refractivity contribution in [3.05, 3.63) is 0 Å². The molecule has 1 saturated heterocycles. The van der Waals surface area contributed by atoms with Crippen molar-refractivity contribution in [3.63, 3.8) is 0 Å². The molecule has 1 rings (SSSR count). The molecule has 0 amide bonds. The van der Waals surface area contributed by atoms with Crippen LogP contribution in [0.3, 0.4) is 0 Å². The van der Waals surface area contributed by atoms with E-state index in [9.17, 15) is 8.78 Å². The molecule has 1 aliphatic heterocycles. The number of rotatable bonds is 2. The maximum absolute atomic E-state index is 13.0. The van der Waals surface area contributed by atoms with Gasteiger partial charge in [0.2, 0.25) is 0 Å². The van der Waals surface area contributed by atoms with Crippen molar-refractivity contribution in [1.82, 2.24) is 0 Å². The second-order valence-corrected chi connectivity index (χ2v) is 2.86. The number of hydrogen-bond acceptors (Lipinski definition) is 4. The van der Waals surface area contributed by atoms with Gasteiger partial charge in [0.05, 0.1) is 0 Å². The predicted octanol–water partition coefficient (Wildman–Crippen LogP) is -0.613. The molecule has 4 nitrogen and oxygen atoms in total. The molecule has 0 aromatic rings. The second kappa shape index (κ2) is 4.28. The lowest BCUT2D eigenvalue weighted by atomic mass is 10.0. The van der Waals surface area contributed by atoms with E-state index in [0.29, 0.717) is 0 Å². The molecular formula is C7H12F2O4. The van der Waals surface area contributed by atoms with Crippen LogP contribution in [0.5, 0.6) is 0 Å². The van der Waals surface area contributed by atoms with Crippen molar-refractivity contribution in [3.8, 4) is 0 Å². The van der Waals surface area contributed by atoms with Crippen LogP contribution >= 0.6 is 0 Å². The molecule has 1 heterocycles. The molecule has 0 aromatic carbocycles. The molecule has 0 saturated carbocycles. The van der Waals surface area contributed by atoms with Crippen LogP contribution in [0.25, 0.3) is 0 Å². The Bertz CT molecular complexity index is 149. The van der Waals surface area contributed by atoms with Gasteiger partial charge in [-0.3, -0.25) is 0 Å². The molecule has 1 aliphatic rings. The normalized spacial score (nSPS) is 46.4. The molecule has 78 valence electrons. The second-order valence-electron chi connectivity index (χ2n) is 2.86. The highest BCUT2D eigenvalue weighted by molar-refractivity contribution is 4.89. The molecule has 0 aromatic heterocycles. The molecule has 0 bridgehead atoms. The van der Waals surface area contributed by atoms with E-state index in [0.717, 1.165) is 0 Å². The van der Waals surface area contributed by atoms with Crippen LogP contribution in [0.15, 0.2) is 0 Å². The molecule has 13 heavy (non-hydrogen) atoms. The smallest absolute Gasteiger partial charge is 0.186 e. The SMILES string of the molecule is CO[C@@H]1O[C@H](CF)[C@@H](O)[C@@H](F)[C@H]1O. The van der Waals surface area contributed by atoms with Gasteiger partial charge < -0.3 is 19.7 Å². The highest BCUT2D eigenvalue weighted by atomic mass is 19.1. The Morgan fingerprint density at radius 2 is 2.00 bits per heavy atom. The molecule has 0 spiro atoms. The monoisotopic (exact) mass is 198 g/mol. The average Bonchev–Trinajstić information content (AvgIpc) is 2.15. The largest absolute Gasteiger partial charge is 0.387 e. The first-order valence-electron chi connectivity index (χ1n) is 3.86. The Balaban J connectivity index is 2.66. The first-order chi connectivity index (χ1) is 6.11. The third-order valence-corrected chi connectivity index (χ3v) is 2.01. The van der Waals surface area contributed by atoms with Gasteiger partial charge in [-0.2, -0.15) is 0 Å². The molecular weight excluding hydrogens is 186 g/mol. The summed E-state index contributed by atoms with van der Waals surface area (Å²) in [5, 5.41) is 18.2.